The number of urea groups is 1. The van der Waals surface area contributed by atoms with E-state index in [9.17, 15) is 9.59 Å². The van der Waals surface area contributed by atoms with Gasteiger partial charge in [-0.15, -0.1) is 11.8 Å². The molecule has 2 aromatic rings. The Morgan fingerprint density at radius 2 is 1.92 bits per heavy atom. The van der Waals surface area contributed by atoms with Gasteiger partial charge in [0.25, 0.3) is 0 Å². The summed E-state index contributed by atoms with van der Waals surface area (Å²) in [5.74, 6) is -0.0716. The largest absolute Gasteiger partial charge is 0.352 e. The van der Waals surface area contributed by atoms with Crippen molar-refractivity contribution in [2.24, 2.45) is 5.73 Å². The highest BCUT2D eigenvalue weighted by atomic mass is 79.9. The molecule has 26 heavy (non-hydrogen) atoms. The van der Waals surface area contributed by atoms with E-state index in [1.165, 1.54) is 4.90 Å². The molecule has 0 saturated carbocycles. The van der Waals surface area contributed by atoms with Crippen LogP contribution < -0.4 is 11.1 Å². The predicted octanol–water partition coefficient (Wildman–Crippen LogP) is 3.93. The monoisotopic (exact) mass is 435 g/mol. The van der Waals surface area contributed by atoms with Gasteiger partial charge in [0.05, 0.1) is 12.5 Å². The average Bonchev–Trinajstić information content (AvgIpc) is 2.61. The first-order valence-corrected chi connectivity index (χ1v) is 10.1. The number of thioether (sulfide) groups is 1. The lowest BCUT2D eigenvalue weighted by atomic mass is 10.0. The lowest BCUT2D eigenvalue weighted by Gasteiger charge is -2.22. The second kappa shape index (κ2) is 9.64. The van der Waals surface area contributed by atoms with Crippen LogP contribution in [-0.4, -0.2) is 30.1 Å². The number of nitrogens with two attached hydrogens (primary N) is 1. The maximum Gasteiger partial charge on any atom is 0.312 e. The Morgan fingerprint density at radius 3 is 2.50 bits per heavy atom. The van der Waals surface area contributed by atoms with Crippen molar-refractivity contribution < 1.29 is 9.59 Å². The molecule has 0 fully saturated rings. The van der Waals surface area contributed by atoms with E-state index in [1.54, 1.807) is 23.7 Å². The predicted molar refractivity (Wildman–Crippen MR) is 109 cm³/mol. The highest BCUT2D eigenvalue weighted by molar-refractivity contribution is 9.10. The minimum Gasteiger partial charge on any atom is -0.352 e. The van der Waals surface area contributed by atoms with E-state index in [0.29, 0.717) is 6.54 Å². The molecule has 2 rings (SSSR count). The first-order chi connectivity index (χ1) is 12.4. The molecule has 138 valence electrons. The highest BCUT2D eigenvalue weighted by Crippen LogP contribution is 2.22. The molecule has 0 aliphatic carbocycles. The van der Waals surface area contributed by atoms with Gasteiger partial charge in [0, 0.05) is 23.0 Å². The van der Waals surface area contributed by atoms with Gasteiger partial charge in [0.1, 0.15) is 0 Å². The molecular formula is C19H22BrN3O2S. The molecule has 7 heteroatoms. The number of primary amides is 1. The van der Waals surface area contributed by atoms with Gasteiger partial charge in [-0.25, -0.2) is 4.79 Å². The van der Waals surface area contributed by atoms with Crippen LogP contribution in [0.1, 0.15) is 23.6 Å². The second-order valence-electron chi connectivity index (χ2n) is 5.92. The number of nitrogens with zero attached hydrogens (tertiary/aromatic N) is 1. The summed E-state index contributed by atoms with van der Waals surface area (Å²) in [6, 6.07) is 14.5. The summed E-state index contributed by atoms with van der Waals surface area (Å²) in [6.45, 7) is 0.509. The quantitative estimate of drug-likeness (QED) is 0.646. The summed E-state index contributed by atoms with van der Waals surface area (Å²) in [6.07, 6.45) is 2.16. The standard InChI is InChI=1S/C19H22BrN3O2S/c1-23(12-13-6-8-16(26-2)9-7-13)18(24)11-17(22-19(21)25)14-4-3-5-15(20)10-14/h3-10,17H,11-12H2,1-2H3,(H3,21,22,25)/t17-/m0/s1. The number of rotatable bonds is 7. The summed E-state index contributed by atoms with van der Waals surface area (Å²) < 4.78 is 0.876. The van der Waals surface area contributed by atoms with Crippen molar-refractivity contribution >= 4 is 39.6 Å². The van der Waals surface area contributed by atoms with Crippen molar-refractivity contribution in [1.82, 2.24) is 10.2 Å². The van der Waals surface area contributed by atoms with Crippen molar-refractivity contribution in [3.05, 3.63) is 64.1 Å². The van der Waals surface area contributed by atoms with Crippen molar-refractivity contribution in [3.63, 3.8) is 0 Å². The molecule has 3 amide bonds. The van der Waals surface area contributed by atoms with Gasteiger partial charge >= 0.3 is 6.03 Å². The number of nitrogens with one attached hydrogen (secondary N) is 1. The zero-order valence-corrected chi connectivity index (χ0v) is 17.1. The van der Waals surface area contributed by atoms with Crippen LogP contribution in [0.3, 0.4) is 0 Å². The van der Waals surface area contributed by atoms with Crippen LogP contribution in [0.2, 0.25) is 0 Å². The summed E-state index contributed by atoms with van der Waals surface area (Å²) in [5, 5.41) is 2.66. The number of amides is 3. The van der Waals surface area contributed by atoms with Crippen LogP contribution in [0.4, 0.5) is 4.79 Å². The average molecular weight is 436 g/mol. The van der Waals surface area contributed by atoms with Gasteiger partial charge in [-0.2, -0.15) is 0 Å². The fourth-order valence-electron chi connectivity index (χ4n) is 2.57. The number of hydrogen-bond donors (Lipinski definition) is 2. The van der Waals surface area contributed by atoms with Crippen molar-refractivity contribution in [1.29, 1.82) is 0 Å². The number of benzene rings is 2. The Bertz CT molecular complexity index is 768. The molecular weight excluding hydrogens is 414 g/mol. The van der Waals surface area contributed by atoms with Gasteiger partial charge in [-0.05, 0) is 41.6 Å². The Labute approximate surface area is 166 Å². The van der Waals surface area contributed by atoms with Crippen LogP contribution in [-0.2, 0) is 11.3 Å². The molecule has 5 nitrogen and oxygen atoms in total. The molecule has 0 unspecified atom stereocenters. The zero-order valence-electron chi connectivity index (χ0n) is 14.7. The van der Waals surface area contributed by atoms with Crippen LogP contribution >= 0.6 is 27.7 Å². The van der Waals surface area contributed by atoms with Gasteiger partial charge in [-0.3, -0.25) is 4.79 Å². The third-order valence-electron chi connectivity index (χ3n) is 3.95. The maximum atomic E-state index is 12.6. The number of carbonyl (C=O) groups is 2. The normalized spacial score (nSPS) is 11.7. The first-order valence-electron chi connectivity index (χ1n) is 8.07. The SMILES string of the molecule is CSc1ccc(CN(C)C(=O)C[C@H](NC(N)=O)c2cccc(Br)c2)cc1. The summed E-state index contributed by atoms with van der Waals surface area (Å²) in [7, 11) is 1.76. The minimum absolute atomic E-state index is 0.0716. The lowest BCUT2D eigenvalue weighted by molar-refractivity contribution is -0.130. The van der Waals surface area contributed by atoms with E-state index in [0.717, 1.165) is 15.6 Å². The van der Waals surface area contributed by atoms with Gasteiger partial charge in [0.2, 0.25) is 5.91 Å². The van der Waals surface area contributed by atoms with Crippen molar-refractivity contribution in [3.8, 4) is 0 Å². The second-order valence-corrected chi connectivity index (χ2v) is 7.71. The van der Waals surface area contributed by atoms with E-state index in [-0.39, 0.29) is 12.3 Å². The smallest absolute Gasteiger partial charge is 0.312 e. The number of carbonyl (C=O) groups excluding carboxylic acids is 2. The lowest BCUT2D eigenvalue weighted by Crippen LogP contribution is -2.37. The molecule has 3 N–H and O–H groups in total. The third-order valence-corrected chi connectivity index (χ3v) is 5.19. The fraction of sp³-hybridized carbons (Fsp3) is 0.263. The molecule has 0 aromatic heterocycles. The van der Waals surface area contributed by atoms with E-state index < -0.39 is 12.1 Å². The summed E-state index contributed by atoms with van der Waals surface area (Å²) in [5.41, 5.74) is 7.16. The molecule has 0 spiro atoms. The molecule has 1 atom stereocenters. The number of halogens is 1. The summed E-state index contributed by atoms with van der Waals surface area (Å²) in [4.78, 5) is 26.8. The minimum atomic E-state index is -0.655. The zero-order chi connectivity index (χ0) is 19.1. The van der Waals surface area contributed by atoms with Crippen molar-refractivity contribution in [2.75, 3.05) is 13.3 Å². The molecule has 0 bridgehead atoms. The fourth-order valence-corrected chi connectivity index (χ4v) is 3.40. The molecule has 2 aromatic carbocycles. The Morgan fingerprint density at radius 1 is 1.23 bits per heavy atom. The van der Waals surface area contributed by atoms with Crippen LogP contribution in [0, 0.1) is 0 Å². The molecule has 0 aliphatic rings. The Kier molecular flexibility index (Phi) is 7.53. The topological polar surface area (TPSA) is 75.4 Å². The van der Waals surface area contributed by atoms with E-state index >= 15 is 0 Å². The Balaban J connectivity index is 2.06. The molecule has 0 aliphatic heterocycles. The molecule has 0 radical (unpaired) electrons. The Hall–Kier alpha value is -1.99. The summed E-state index contributed by atoms with van der Waals surface area (Å²) >= 11 is 5.09. The van der Waals surface area contributed by atoms with Crippen LogP contribution in [0.25, 0.3) is 0 Å². The van der Waals surface area contributed by atoms with Gasteiger partial charge < -0.3 is 16.0 Å². The highest BCUT2D eigenvalue weighted by Gasteiger charge is 2.20. The van der Waals surface area contributed by atoms with Crippen LogP contribution in [0.5, 0.6) is 0 Å². The van der Waals surface area contributed by atoms with Crippen LogP contribution in [0.15, 0.2) is 57.9 Å². The maximum absolute atomic E-state index is 12.6. The van der Waals surface area contributed by atoms with Gasteiger partial charge in [0.15, 0.2) is 0 Å². The molecule has 0 heterocycles. The van der Waals surface area contributed by atoms with E-state index in [2.05, 4.69) is 21.2 Å². The van der Waals surface area contributed by atoms with E-state index in [1.807, 2.05) is 54.8 Å². The van der Waals surface area contributed by atoms with Gasteiger partial charge in [-0.1, -0.05) is 40.2 Å². The number of hydrogen-bond acceptors (Lipinski definition) is 3. The van der Waals surface area contributed by atoms with Crippen molar-refractivity contribution in [2.45, 2.75) is 23.9 Å². The third kappa shape index (κ3) is 6.07. The first kappa shape index (κ1) is 20.3. The van der Waals surface area contributed by atoms with E-state index in [4.69, 9.17) is 5.73 Å². The molecule has 0 saturated heterocycles.